The molecule has 0 fully saturated rings. The standard InChI is InChI=1S/2C6H5N3/c1-2-7-3-6-5(1)8-4-9-6;1-2-5-6(7-3-1)9-4-8-5/h1-4H,(H,8,9);1-4H,(H,7,8,9). The molecule has 0 amide bonds. The minimum atomic E-state index is 0.775. The van der Waals surface area contributed by atoms with Gasteiger partial charge in [0.05, 0.1) is 35.4 Å². The summed E-state index contributed by atoms with van der Waals surface area (Å²) in [5, 5.41) is 0. The van der Waals surface area contributed by atoms with E-state index in [9.17, 15) is 0 Å². The first-order valence-electron chi connectivity index (χ1n) is 5.41. The van der Waals surface area contributed by atoms with E-state index in [0.717, 1.165) is 22.2 Å². The van der Waals surface area contributed by atoms with E-state index >= 15 is 0 Å². The zero-order valence-electron chi connectivity index (χ0n) is 9.41. The summed E-state index contributed by atoms with van der Waals surface area (Å²) >= 11 is 0. The van der Waals surface area contributed by atoms with Gasteiger partial charge in [-0.15, -0.1) is 0 Å². The van der Waals surface area contributed by atoms with Crippen LogP contribution in [0.4, 0.5) is 0 Å². The van der Waals surface area contributed by atoms with Crippen LogP contribution in [0.25, 0.3) is 22.2 Å². The van der Waals surface area contributed by atoms with E-state index in [2.05, 4.69) is 29.9 Å². The van der Waals surface area contributed by atoms with Crippen molar-refractivity contribution in [3.8, 4) is 0 Å². The van der Waals surface area contributed by atoms with E-state index in [4.69, 9.17) is 0 Å². The van der Waals surface area contributed by atoms with Crippen molar-refractivity contribution in [2.45, 2.75) is 0 Å². The Bertz CT molecular complexity index is 631. The van der Waals surface area contributed by atoms with Gasteiger partial charge in [0.15, 0.2) is 5.65 Å². The van der Waals surface area contributed by atoms with Crippen molar-refractivity contribution >= 4 is 22.2 Å². The molecule has 0 saturated heterocycles. The predicted molar refractivity (Wildman–Crippen MR) is 67.8 cm³/mol. The fraction of sp³-hybridized carbons (Fsp3) is 0. The molecule has 0 saturated carbocycles. The molecular formula is C12H10N6. The van der Waals surface area contributed by atoms with Crippen molar-refractivity contribution in [3.63, 3.8) is 0 Å². The molecule has 0 unspecified atom stereocenters. The summed E-state index contributed by atoms with van der Waals surface area (Å²) in [6, 6.07) is 5.68. The molecule has 0 bridgehead atoms. The highest BCUT2D eigenvalue weighted by atomic mass is 14.9. The first-order chi connectivity index (χ1) is 8.93. The number of nitrogens with one attached hydrogen (secondary N) is 2. The molecule has 6 heteroatoms. The lowest BCUT2D eigenvalue weighted by molar-refractivity contribution is 1.30. The van der Waals surface area contributed by atoms with Crippen molar-refractivity contribution in [3.05, 3.63) is 49.4 Å². The summed E-state index contributed by atoms with van der Waals surface area (Å²) in [6.07, 6.45) is 8.50. The summed E-state index contributed by atoms with van der Waals surface area (Å²) in [6.45, 7) is 0. The Morgan fingerprint density at radius 3 is 2.61 bits per heavy atom. The van der Waals surface area contributed by atoms with E-state index in [1.165, 1.54) is 0 Å². The van der Waals surface area contributed by atoms with Crippen LogP contribution >= 0.6 is 0 Å². The van der Waals surface area contributed by atoms with E-state index in [1.807, 2.05) is 18.2 Å². The highest BCUT2D eigenvalue weighted by Gasteiger charge is 1.90. The Kier molecular flexibility index (Phi) is 2.67. The largest absolute Gasteiger partial charge is 0.343 e. The van der Waals surface area contributed by atoms with Gasteiger partial charge < -0.3 is 9.97 Å². The molecule has 4 rings (SSSR count). The number of nitrogens with zero attached hydrogens (tertiary/aromatic N) is 4. The molecule has 0 aliphatic rings. The predicted octanol–water partition coefficient (Wildman–Crippen LogP) is 1.92. The van der Waals surface area contributed by atoms with Gasteiger partial charge in [0, 0.05) is 12.4 Å². The van der Waals surface area contributed by atoms with E-state index < -0.39 is 0 Å². The minimum absolute atomic E-state index is 0.775. The molecule has 18 heavy (non-hydrogen) atoms. The van der Waals surface area contributed by atoms with Crippen LogP contribution in [0.15, 0.2) is 49.4 Å². The Labute approximate surface area is 102 Å². The average Bonchev–Trinajstić information content (AvgIpc) is 3.08. The maximum atomic E-state index is 4.02. The molecular weight excluding hydrogens is 228 g/mol. The number of rotatable bonds is 0. The summed E-state index contributed by atoms with van der Waals surface area (Å²) in [4.78, 5) is 21.8. The van der Waals surface area contributed by atoms with Crippen molar-refractivity contribution in [2.24, 2.45) is 0 Å². The van der Waals surface area contributed by atoms with Gasteiger partial charge in [-0.05, 0) is 18.2 Å². The van der Waals surface area contributed by atoms with Gasteiger partial charge in [0.1, 0.15) is 0 Å². The van der Waals surface area contributed by atoms with Crippen LogP contribution in [0.2, 0.25) is 0 Å². The Balaban J connectivity index is 0.000000111. The summed E-state index contributed by atoms with van der Waals surface area (Å²) < 4.78 is 0. The van der Waals surface area contributed by atoms with Crippen molar-refractivity contribution < 1.29 is 0 Å². The van der Waals surface area contributed by atoms with Crippen LogP contribution < -0.4 is 0 Å². The van der Waals surface area contributed by atoms with Crippen molar-refractivity contribution in [1.82, 2.24) is 29.9 Å². The maximum Gasteiger partial charge on any atom is 0.177 e. The topological polar surface area (TPSA) is 83.1 Å². The normalized spacial score (nSPS) is 10.2. The molecule has 0 aliphatic heterocycles. The number of fused-ring (bicyclic) bond motifs is 2. The smallest absolute Gasteiger partial charge is 0.177 e. The number of hydrogen-bond donors (Lipinski definition) is 2. The lowest BCUT2D eigenvalue weighted by atomic mass is 10.4. The number of hydrogen-bond acceptors (Lipinski definition) is 4. The van der Waals surface area contributed by atoms with Crippen LogP contribution in [0.3, 0.4) is 0 Å². The molecule has 2 N–H and O–H groups in total. The van der Waals surface area contributed by atoms with Gasteiger partial charge in [-0.3, -0.25) is 4.98 Å². The second kappa shape index (κ2) is 4.62. The van der Waals surface area contributed by atoms with Gasteiger partial charge in [-0.2, -0.15) is 0 Å². The zero-order chi connectivity index (χ0) is 12.2. The van der Waals surface area contributed by atoms with Gasteiger partial charge in [0.25, 0.3) is 0 Å². The second-order valence-electron chi connectivity index (χ2n) is 3.57. The molecule has 4 heterocycles. The Morgan fingerprint density at radius 2 is 1.72 bits per heavy atom. The van der Waals surface area contributed by atoms with Gasteiger partial charge in [-0.25, -0.2) is 15.0 Å². The highest BCUT2D eigenvalue weighted by molar-refractivity contribution is 5.72. The number of pyridine rings is 2. The molecule has 0 atom stereocenters. The van der Waals surface area contributed by atoms with Crippen LogP contribution in [0.5, 0.6) is 0 Å². The van der Waals surface area contributed by atoms with Crippen molar-refractivity contribution in [2.75, 3.05) is 0 Å². The molecule has 0 aliphatic carbocycles. The summed E-state index contributed by atoms with van der Waals surface area (Å²) in [5.41, 5.74) is 3.71. The lowest BCUT2D eigenvalue weighted by Gasteiger charge is -1.80. The molecule has 0 aromatic carbocycles. The number of imidazole rings is 2. The number of aromatic nitrogens is 6. The fourth-order valence-corrected chi connectivity index (χ4v) is 1.56. The second-order valence-corrected chi connectivity index (χ2v) is 3.57. The highest BCUT2D eigenvalue weighted by Crippen LogP contribution is 2.03. The van der Waals surface area contributed by atoms with Gasteiger partial charge >= 0.3 is 0 Å². The van der Waals surface area contributed by atoms with E-state index in [0.29, 0.717) is 0 Å². The molecule has 4 aromatic heterocycles. The molecule has 0 spiro atoms. The van der Waals surface area contributed by atoms with E-state index in [-0.39, 0.29) is 0 Å². The third-order valence-corrected chi connectivity index (χ3v) is 2.42. The maximum absolute atomic E-state index is 4.02. The fourth-order valence-electron chi connectivity index (χ4n) is 1.56. The Hall–Kier alpha value is -2.76. The Morgan fingerprint density at radius 1 is 0.833 bits per heavy atom. The third kappa shape index (κ3) is 2.03. The lowest BCUT2D eigenvalue weighted by Crippen LogP contribution is -1.71. The van der Waals surface area contributed by atoms with Gasteiger partial charge in [0.2, 0.25) is 0 Å². The van der Waals surface area contributed by atoms with Gasteiger partial charge in [-0.1, -0.05) is 0 Å². The van der Waals surface area contributed by atoms with E-state index in [1.54, 1.807) is 31.2 Å². The number of H-pyrrole nitrogens is 2. The molecule has 4 aromatic rings. The van der Waals surface area contributed by atoms with Crippen LogP contribution in [-0.4, -0.2) is 29.9 Å². The van der Waals surface area contributed by atoms with Crippen LogP contribution in [-0.2, 0) is 0 Å². The SMILES string of the molecule is c1cc2nc[nH]c2cn1.c1cnc2nc[nH]c2c1. The minimum Gasteiger partial charge on any atom is -0.343 e. The molecule has 6 nitrogen and oxygen atoms in total. The molecule has 0 radical (unpaired) electrons. The first-order valence-corrected chi connectivity index (χ1v) is 5.41. The zero-order valence-corrected chi connectivity index (χ0v) is 9.41. The summed E-state index contributed by atoms with van der Waals surface area (Å²) in [5.74, 6) is 0. The third-order valence-electron chi connectivity index (χ3n) is 2.42. The average molecular weight is 238 g/mol. The first kappa shape index (κ1) is 10.4. The van der Waals surface area contributed by atoms with Crippen molar-refractivity contribution in [1.29, 1.82) is 0 Å². The van der Waals surface area contributed by atoms with Crippen LogP contribution in [0.1, 0.15) is 0 Å². The quantitative estimate of drug-likeness (QED) is 0.490. The number of aromatic amines is 2. The molecule has 88 valence electrons. The summed E-state index contributed by atoms with van der Waals surface area (Å²) in [7, 11) is 0. The monoisotopic (exact) mass is 238 g/mol. The van der Waals surface area contributed by atoms with Crippen LogP contribution in [0, 0.1) is 0 Å².